The molecule has 4 nitrogen and oxygen atoms in total. The van der Waals surface area contributed by atoms with Crippen LogP contribution in [0.2, 0.25) is 0 Å². The first-order valence-corrected chi connectivity index (χ1v) is 13.6. The van der Waals surface area contributed by atoms with Crippen LogP contribution in [0.25, 0.3) is 21.8 Å². The third kappa shape index (κ3) is 3.78. The van der Waals surface area contributed by atoms with Gasteiger partial charge in [0.05, 0.1) is 5.56 Å². The van der Waals surface area contributed by atoms with Crippen molar-refractivity contribution in [2.24, 2.45) is 7.05 Å². The summed E-state index contributed by atoms with van der Waals surface area (Å²) in [5.74, 6) is -0.267. The fourth-order valence-corrected chi connectivity index (χ4v) is 6.16. The molecule has 1 unspecified atom stereocenters. The summed E-state index contributed by atoms with van der Waals surface area (Å²) >= 11 is 0. The maximum Gasteiger partial charge on any atom is 0.340 e. The zero-order chi connectivity index (χ0) is 25.4. The molecule has 0 radical (unpaired) electrons. The number of benzene rings is 3. The molecule has 6 rings (SSSR count). The van der Waals surface area contributed by atoms with Crippen LogP contribution in [0.15, 0.2) is 85.2 Å². The lowest BCUT2D eigenvalue weighted by Crippen LogP contribution is -2.29. The zero-order valence-corrected chi connectivity index (χ0v) is 21.7. The van der Waals surface area contributed by atoms with E-state index in [0.29, 0.717) is 5.56 Å². The Bertz CT molecular complexity index is 1590. The Hall–Kier alpha value is -3.79. The molecule has 4 heteroatoms. The SMILES string of the molecule is CCCCCCCCn1cc(C2(c3cn(C)c4ccccc34)OC(=O)c3ccccc32)c2ccccc21. The largest absolute Gasteiger partial charge is 0.440 e. The number of ether oxygens (including phenoxy) is 1. The van der Waals surface area contributed by atoms with Gasteiger partial charge < -0.3 is 13.9 Å². The molecule has 37 heavy (non-hydrogen) atoms. The number of carbonyl (C=O) groups is 1. The van der Waals surface area contributed by atoms with Crippen molar-refractivity contribution in [3.05, 3.63) is 107 Å². The fourth-order valence-electron chi connectivity index (χ4n) is 6.16. The second kappa shape index (κ2) is 9.59. The molecule has 0 saturated heterocycles. The monoisotopic (exact) mass is 490 g/mol. The first kappa shape index (κ1) is 23.6. The third-order valence-electron chi connectivity index (χ3n) is 7.97. The van der Waals surface area contributed by atoms with E-state index < -0.39 is 5.60 Å². The fraction of sp³-hybridized carbons (Fsp3) is 0.303. The molecule has 188 valence electrons. The number of fused-ring (bicyclic) bond motifs is 3. The Kier molecular flexibility index (Phi) is 6.11. The van der Waals surface area contributed by atoms with E-state index in [1.54, 1.807) is 0 Å². The van der Waals surface area contributed by atoms with Gasteiger partial charge in [0.15, 0.2) is 5.60 Å². The van der Waals surface area contributed by atoms with Gasteiger partial charge in [-0.3, -0.25) is 0 Å². The number of hydrogen-bond donors (Lipinski definition) is 0. The van der Waals surface area contributed by atoms with Crippen molar-refractivity contribution in [1.82, 2.24) is 9.13 Å². The lowest BCUT2D eigenvalue weighted by atomic mass is 9.79. The van der Waals surface area contributed by atoms with E-state index in [-0.39, 0.29) is 5.97 Å². The molecule has 0 fully saturated rings. The average molecular weight is 491 g/mol. The lowest BCUT2D eigenvalue weighted by molar-refractivity contribution is 0.0259. The minimum absolute atomic E-state index is 0.267. The van der Waals surface area contributed by atoms with Gasteiger partial charge >= 0.3 is 5.97 Å². The summed E-state index contributed by atoms with van der Waals surface area (Å²) in [5, 5.41) is 2.23. The van der Waals surface area contributed by atoms with Crippen molar-refractivity contribution in [3.8, 4) is 0 Å². The molecule has 0 aliphatic carbocycles. The van der Waals surface area contributed by atoms with E-state index in [1.807, 2.05) is 18.2 Å². The second-order valence-corrected chi connectivity index (χ2v) is 10.3. The summed E-state index contributed by atoms with van der Waals surface area (Å²) in [5.41, 5.74) is 4.89. The van der Waals surface area contributed by atoms with Crippen LogP contribution in [0.1, 0.15) is 72.5 Å². The Morgan fingerprint density at radius 2 is 1.32 bits per heavy atom. The van der Waals surface area contributed by atoms with Crippen LogP contribution in [0.5, 0.6) is 0 Å². The smallest absolute Gasteiger partial charge is 0.340 e. The predicted octanol–water partition coefficient (Wildman–Crippen LogP) is 7.96. The predicted molar refractivity (Wildman–Crippen MR) is 150 cm³/mol. The molecule has 0 saturated carbocycles. The summed E-state index contributed by atoms with van der Waals surface area (Å²) in [4.78, 5) is 13.4. The highest BCUT2D eigenvalue weighted by molar-refractivity contribution is 6.00. The maximum atomic E-state index is 13.4. The maximum absolute atomic E-state index is 13.4. The van der Waals surface area contributed by atoms with Gasteiger partial charge in [-0.1, -0.05) is 93.6 Å². The zero-order valence-electron chi connectivity index (χ0n) is 21.7. The van der Waals surface area contributed by atoms with Crippen LogP contribution in [-0.2, 0) is 23.9 Å². The molecule has 1 aliphatic rings. The minimum atomic E-state index is -1.01. The van der Waals surface area contributed by atoms with E-state index in [0.717, 1.165) is 45.9 Å². The topological polar surface area (TPSA) is 36.2 Å². The number of hydrogen-bond acceptors (Lipinski definition) is 2. The van der Waals surface area contributed by atoms with Gasteiger partial charge in [0, 0.05) is 64.5 Å². The number of para-hydroxylation sites is 2. The summed E-state index contributed by atoms with van der Waals surface area (Å²) in [6, 6.07) is 24.8. The van der Waals surface area contributed by atoms with Crippen molar-refractivity contribution < 1.29 is 9.53 Å². The van der Waals surface area contributed by atoms with E-state index in [1.165, 1.54) is 37.6 Å². The normalized spacial score (nSPS) is 17.0. The minimum Gasteiger partial charge on any atom is -0.440 e. The van der Waals surface area contributed by atoms with Crippen molar-refractivity contribution >= 4 is 27.8 Å². The van der Waals surface area contributed by atoms with Crippen LogP contribution in [0.3, 0.4) is 0 Å². The molecule has 0 amide bonds. The van der Waals surface area contributed by atoms with Gasteiger partial charge in [0.2, 0.25) is 0 Å². The van der Waals surface area contributed by atoms with Crippen molar-refractivity contribution in [3.63, 3.8) is 0 Å². The number of aryl methyl sites for hydroxylation is 2. The van der Waals surface area contributed by atoms with Crippen LogP contribution >= 0.6 is 0 Å². The van der Waals surface area contributed by atoms with Gasteiger partial charge in [-0.15, -0.1) is 0 Å². The first-order valence-electron chi connectivity index (χ1n) is 13.6. The number of esters is 1. The van der Waals surface area contributed by atoms with Gasteiger partial charge in [0.25, 0.3) is 0 Å². The number of rotatable bonds is 9. The average Bonchev–Trinajstić information content (AvgIpc) is 3.57. The molecule has 0 N–H and O–H groups in total. The number of cyclic esters (lactones) is 1. The summed E-state index contributed by atoms with van der Waals surface area (Å²) in [7, 11) is 2.06. The molecular weight excluding hydrogens is 456 g/mol. The quantitative estimate of drug-likeness (QED) is 0.155. The van der Waals surface area contributed by atoms with Crippen molar-refractivity contribution in [2.75, 3.05) is 0 Å². The molecule has 0 spiro atoms. The van der Waals surface area contributed by atoms with Crippen LogP contribution in [0, 0.1) is 0 Å². The summed E-state index contributed by atoms with van der Waals surface area (Å²) in [6.45, 7) is 3.21. The van der Waals surface area contributed by atoms with Gasteiger partial charge in [-0.25, -0.2) is 4.79 Å². The molecule has 1 atom stereocenters. The Labute approximate surface area is 218 Å². The van der Waals surface area contributed by atoms with Crippen LogP contribution in [-0.4, -0.2) is 15.1 Å². The van der Waals surface area contributed by atoms with E-state index in [9.17, 15) is 4.79 Å². The molecular formula is C33H34N2O2. The van der Waals surface area contributed by atoms with E-state index in [4.69, 9.17) is 4.74 Å². The second-order valence-electron chi connectivity index (χ2n) is 10.3. The molecule has 3 heterocycles. The number of aromatic nitrogens is 2. The Balaban J connectivity index is 1.54. The number of nitrogens with zero attached hydrogens (tertiary/aromatic N) is 2. The molecule has 2 aromatic heterocycles. The Morgan fingerprint density at radius 3 is 2.14 bits per heavy atom. The standard InChI is InChI=1S/C33H34N2O2/c1-3-4-5-6-7-14-21-35-23-29(25-16-10-13-20-31(25)35)33(27-18-11-8-17-26(27)32(36)37-33)28-22-34(2)30-19-12-9-15-24(28)30/h8-13,15-20,22-23H,3-7,14,21H2,1-2H3. The van der Waals surface area contributed by atoms with Crippen molar-refractivity contribution in [1.29, 1.82) is 0 Å². The summed E-state index contributed by atoms with van der Waals surface area (Å²) in [6.07, 6.45) is 11.9. The highest BCUT2D eigenvalue weighted by Gasteiger charge is 2.51. The molecule has 1 aliphatic heterocycles. The van der Waals surface area contributed by atoms with Crippen LogP contribution < -0.4 is 0 Å². The molecule has 5 aromatic rings. The highest BCUT2D eigenvalue weighted by Crippen LogP contribution is 2.51. The van der Waals surface area contributed by atoms with Gasteiger partial charge in [0.1, 0.15) is 0 Å². The third-order valence-corrected chi connectivity index (χ3v) is 7.97. The highest BCUT2D eigenvalue weighted by atomic mass is 16.6. The molecule has 0 bridgehead atoms. The van der Waals surface area contributed by atoms with E-state index >= 15 is 0 Å². The number of carbonyl (C=O) groups excluding carboxylic acids is 1. The van der Waals surface area contributed by atoms with Gasteiger partial charge in [-0.2, -0.15) is 0 Å². The first-order chi connectivity index (χ1) is 18.1. The number of unbranched alkanes of at least 4 members (excludes halogenated alkanes) is 5. The van der Waals surface area contributed by atoms with Crippen LogP contribution in [0.4, 0.5) is 0 Å². The molecule has 3 aromatic carbocycles. The summed E-state index contributed by atoms with van der Waals surface area (Å²) < 4.78 is 11.0. The Morgan fingerprint density at radius 1 is 0.703 bits per heavy atom. The van der Waals surface area contributed by atoms with Gasteiger partial charge in [-0.05, 0) is 24.6 Å². The lowest BCUT2D eigenvalue weighted by Gasteiger charge is -2.29. The van der Waals surface area contributed by atoms with Crippen molar-refractivity contribution in [2.45, 2.75) is 57.6 Å². The van der Waals surface area contributed by atoms with E-state index in [2.05, 4.69) is 90.1 Å².